The highest BCUT2D eigenvalue weighted by Crippen LogP contribution is 2.25. The fraction of sp³-hybridized carbons (Fsp3) is 0.294. The molecule has 0 unspecified atom stereocenters. The van der Waals surface area contributed by atoms with Crippen molar-refractivity contribution in [2.24, 2.45) is 0 Å². The Kier molecular flexibility index (Phi) is 4.93. The van der Waals surface area contributed by atoms with Crippen LogP contribution in [0.2, 0.25) is 0 Å². The predicted molar refractivity (Wildman–Crippen MR) is 83.4 cm³/mol. The van der Waals surface area contributed by atoms with Gasteiger partial charge in [-0.1, -0.05) is 12.1 Å². The molecule has 1 aromatic carbocycles. The van der Waals surface area contributed by atoms with Gasteiger partial charge in [0.1, 0.15) is 5.75 Å². The SMILES string of the molecule is CCN(C(=O)CCc1ccccn1)c1cc(O)ccc1C. The van der Waals surface area contributed by atoms with E-state index in [1.807, 2.05) is 38.1 Å². The molecule has 1 heterocycles. The number of rotatable bonds is 5. The third-order valence-corrected chi connectivity index (χ3v) is 3.42. The minimum Gasteiger partial charge on any atom is -0.508 e. The maximum Gasteiger partial charge on any atom is 0.227 e. The zero-order valence-corrected chi connectivity index (χ0v) is 12.4. The highest BCUT2D eigenvalue weighted by molar-refractivity contribution is 5.94. The van der Waals surface area contributed by atoms with Crippen LogP contribution in [0.25, 0.3) is 0 Å². The Morgan fingerprint density at radius 2 is 2.10 bits per heavy atom. The van der Waals surface area contributed by atoms with Gasteiger partial charge < -0.3 is 10.0 Å². The first kappa shape index (κ1) is 15.0. The van der Waals surface area contributed by atoms with Crippen LogP contribution in [0, 0.1) is 6.92 Å². The summed E-state index contributed by atoms with van der Waals surface area (Å²) in [7, 11) is 0. The molecule has 0 aliphatic carbocycles. The van der Waals surface area contributed by atoms with Crippen molar-refractivity contribution >= 4 is 11.6 Å². The van der Waals surface area contributed by atoms with E-state index in [0.29, 0.717) is 19.4 Å². The number of phenolic OH excluding ortho intramolecular Hbond substituents is 1. The quantitative estimate of drug-likeness (QED) is 0.918. The van der Waals surface area contributed by atoms with Crippen LogP contribution in [0.3, 0.4) is 0 Å². The second kappa shape index (κ2) is 6.88. The topological polar surface area (TPSA) is 53.4 Å². The highest BCUT2D eigenvalue weighted by atomic mass is 16.3. The van der Waals surface area contributed by atoms with Crippen LogP contribution in [0.4, 0.5) is 5.69 Å². The van der Waals surface area contributed by atoms with Crippen LogP contribution < -0.4 is 4.90 Å². The number of aromatic hydroxyl groups is 1. The lowest BCUT2D eigenvalue weighted by Crippen LogP contribution is -2.31. The predicted octanol–water partition coefficient (Wildman–Crippen LogP) is 3.08. The van der Waals surface area contributed by atoms with E-state index in [2.05, 4.69) is 4.98 Å². The number of benzene rings is 1. The van der Waals surface area contributed by atoms with Crippen LogP contribution in [-0.4, -0.2) is 22.5 Å². The van der Waals surface area contributed by atoms with E-state index in [1.54, 1.807) is 23.2 Å². The second-order valence-corrected chi connectivity index (χ2v) is 4.93. The van der Waals surface area contributed by atoms with E-state index in [9.17, 15) is 9.90 Å². The largest absolute Gasteiger partial charge is 0.508 e. The Balaban J connectivity index is 2.10. The second-order valence-electron chi connectivity index (χ2n) is 4.93. The Labute approximate surface area is 125 Å². The van der Waals surface area contributed by atoms with Gasteiger partial charge in [-0.25, -0.2) is 0 Å². The van der Waals surface area contributed by atoms with Gasteiger partial charge in [-0.2, -0.15) is 0 Å². The summed E-state index contributed by atoms with van der Waals surface area (Å²) in [5.74, 6) is 0.212. The van der Waals surface area contributed by atoms with Crippen molar-refractivity contribution in [1.29, 1.82) is 0 Å². The van der Waals surface area contributed by atoms with Crippen LogP contribution in [0.15, 0.2) is 42.6 Å². The summed E-state index contributed by atoms with van der Waals surface area (Å²) in [6.07, 6.45) is 2.75. The summed E-state index contributed by atoms with van der Waals surface area (Å²) in [6.45, 7) is 4.44. The zero-order valence-electron chi connectivity index (χ0n) is 12.4. The van der Waals surface area contributed by atoms with Crippen LogP contribution >= 0.6 is 0 Å². The van der Waals surface area contributed by atoms with Gasteiger partial charge >= 0.3 is 0 Å². The normalized spacial score (nSPS) is 10.4. The molecular weight excluding hydrogens is 264 g/mol. The van der Waals surface area contributed by atoms with Crippen molar-refractivity contribution < 1.29 is 9.90 Å². The lowest BCUT2D eigenvalue weighted by atomic mass is 10.1. The number of hydrogen-bond donors (Lipinski definition) is 1. The van der Waals surface area contributed by atoms with Gasteiger partial charge in [0.25, 0.3) is 0 Å². The summed E-state index contributed by atoms with van der Waals surface area (Å²) < 4.78 is 0. The lowest BCUT2D eigenvalue weighted by Gasteiger charge is -2.23. The molecule has 21 heavy (non-hydrogen) atoms. The molecule has 0 fully saturated rings. The van der Waals surface area contributed by atoms with Crippen molar-refractivity contribution in [2.45, 2.75) is 26.7 Å². The molecular formula is C17H20N2O2. The minimum atomic E-state index is 0.0388. The van der Waals surface area contributed by atoms with E-state index < -0.39 is 0 Å². The highest BCUT2D eigenvalue weighted by Gasteiger charge is 2.16. The van der Waals surface area contributed by atoms with Gasteiger partial charge in [-0.3, -0.25) is 9.78 Å². The van der Waals surface area contributed by atoms with E-state index in [0.717, 1.165) is 16.9 Å². The molecule has 110 valence electrons. The van der Waals surface area contributed by atoms with Crippen LogP contribution in [0.1, 0.15) is 24.6 Å². The maximum absolute atomic E-state index is 12.4. The minimum absolute atomic E-state index is 0.0388. The average molecular weight is 284 g/mol. The van der Waals surface area contributed by atoms with Gasteiger partial charge in [0.15, 0.2) is 0 Å². The Morgan fingerprint density at radius 1 is 1.29 bits per heavy atom. The molecule has 1 N–H and O–H groups in total. The molecule has 0 aliphatic heterocycles. The van der Waals surface area contributed by atoms with Crippen molar-refractivity contribution in [3.05, 3.63) is 53.9 Å². The average Bonchev–Trinajstić information content (AvgIpc) is 2.50. The zero-order chi connectivity index (χ0) is 15.2. The van der Waals surface area contributed by atoms with E-state index >= 15 is 0 Å². The van der Waals surface area contributed by atoms with E-state index in [-0.39, 0.29) is 11.7 Å². The molecule has 0 saturated carbocycles. The number of anilines is 1. The number of carbonyl (C=O) groups excluding carboxylic acids is 1. The number of aryl methyl sites for hydroxylation is 2. The monoisotopic (exact) mass is 284 g/mol. The molecule has 0 spiro atoms. The fourth-order valence-corrected chi connectivity index (χ4v) is 2.29. The maximum atomic E-state index is 12.4. The first-order valence-electron chi connectivity index (χ1n) is 7.11. The molecule has 0 bridgehead atoms. The summed E-state index contributed by atoms with van der Waals surface area (Å²) in [4.78, 5) is 18.4. The summed E-state index contributed by atoms with van der Waals surface area (Å²) in [5.41, 5.74) is 2.65. The molecule has 0 radical (unpaired) electrons. The van der Waals surface area contributed by atoms with Crippen molar-refractivity contribution in [3.8, 4) is 5.75 Å². The van der Waals surface area contributed by atoms with E-state index in [4.69, 9.17) is 0 Å². The summed E-state index contributed by atoms with van der Waals surface area (Å²) in [5, 5.41) is 9.62. The lowest BCUT2D eigenvalue weighted by molar-refractivity contribution is -0.118. The van der Waals surface area contributed by atoms with Crippen molar-refractivity contribution in [3.63, 3.8) is 0 Å². The van der Waals surface area contributed by atoms with Gasteiger partial charge in [0, 0.05) is 30.9 Å². The molecule has 1 aromatic heterocycles. The molecule has 4 nitrogen and oxygen atoms in total. The third-order valence-electron chi connectivity index (χ3n) is 3.42. The molecule has 0 atom stereocenters. The molecule has 2 rings (SSSR count). The smallest absolute Gasteiger partial charge is 0.227 e. The van der Waals surface area contributed by atoms with Crippen molar-refractivity contribution in [2.75, 3.05) is 11.4 Å². The number of nitrogens with zero attached hydrogens (tertiary/aromatic N) is 2. The molecule has 1 amide bonds. The first-order chi connectivity index (χ1) is 10.1. The molecule has 0 saturated heterocycles. The number of pyridine rings is 1. The Hall–Kier alpha value is -2.36. The third kappa shape index (κ3) is 3.81. The molecule has 0 aliphatic rings. The number of hydrogen-bond acceptors (Lipinski definition) is 3. The van der Waals surface area contributed by atoms with Gasteiger partial charge in [0.2, 0.25) is 5.91 Å². The molecule has 4 heteroatoms. The van der Waals surface area contributed by atoms with Crippen molar-refractivity contribution in [1.82, 2.24) is 4.98 Å². The summed E-state index contributed by atoms with van der Waals surface area (Å²) in [6, 6.07) is 10.8. The number of phenols is 1. The Bertz CT molecular complexity index is 611. The van der Waals surface area contributed by atoms with Crippen LogP contribution in [-0.2, 0) is 11.2 Å². The van der Waals surface area contributed by atoms with Gasteiger partial charge in [0.05, 0.1) is 5.69 Å². The number of aromatic nitrogens is 1. The fourth-order valence-electron chi connectivity index (χ4n) is 2.29. The first-order valence-corrected chi connectivity index (χ1v) is 7.11. The van der Waals surface area contributed by atoms with Crippen LogP contribution in [0.5, 0.6) is 5.75 Å². The van der Waals surface area contributed by atoms with E-state index in [1.165, 1.54) is 0 Å². The Morgan fingerprint density at radius 3 is 2.76 bits per heavy atom. The van der Waals surface area contributed by atoms with Gasteiger partial charge in [-0.05, 0) is 44.0 Å². The standard InChI is InChI=1S/C17H20N2O2/c1-3-19(16-12-15(20)9-7-13(16)2)17(21)10-8-14-6-4-5-11-18-14/h4-7,9,11-12,20H,3,8,10H2,1-2H3. The number of carbonyl (C=O) groups is 1. The molecule has 2 aromatic rings. The van der Waals surface area contributed by atoms with Gasteiger partial charge in [-0.15, -0.1) is 0 Å². The summed E-state index contributed by atoms with van der Waals surface area (Å²) >= 11 is 0. The number of amides is 1.